The molecule has 0 unspecified atom stereocenters. The van der Waals surface area contributed by atoms with E-state index in [9.17, 15) is 5.11 Å². The quantitative estimate of drug-likeness (QED) is 0.319. The number of nitrogens with one attached hydrogen (secondary N) is 2. The number of nitrogens with zero attached hydrogens (tertiary/aromatic N) is 1. The Labute approximate surface area is 140 Å². The van der Waals surface area contributed by atoms with Gasteiger partial charge in [0.15, 0.2) is 5.96 Å². The number of guanidine groups is 1. The van der Waals surface area contributed by atoms with E-state index in [0.29, 0.717) is 12.5 Å². The minimum absolute atomic E-state index is 0.0647. The van der Waals surface area contributed by atoms with Crippen molar-refractivity contribution in [3.05, 3.63) is 0 Å². The number of aliphatic hydroxyl groups excluding tert-OH is 1. The third-order valence-electron chi connectivity index (χ3n) is 4.66. The van der Waals surface area contributed by atoms with Crippen molar-refractivity contribution in [2.24, 2.45) is 16.3 Å². The van der Waals surface area contributed by atoms with Crippen molar-refractivity contribution < 1.29 is 14.6 Å². The van der Waals surface area contributed by atoms with Crippen LogP contribution in [0, 0.1) is 11.3 Å². The topological polar surface area (TPSA) is 75.1 Å². The summed E-state index contributed by atoms with van der Waals surface area (Å²) < 4.78 is 11.1. The number of aliphatic hydroxyl groups is 1. The van der Waals surface area contributed by atoms with Gasteiger partial charge in [0.2, 0.25) is 0 Å². The van der Waals surface area contributed by atoms with E-state index in [2.05, 4.69) is 22.5 Å². The van der Waals surface area contributed by atoms with E-state index < -0.39 is 0 Å². The van der Waals surface area contributed by atoms with Crippen LogP contribution in [-0.2, 0) is 9.47 Å². The molecule has 0 bridgehead atoms. The predicted octanol–water partition coefficient (Wildman–Crippen LogP) is 1.15. The molecule has 6 nitrogen and oxygen atoms in total. The molecule has 0 atom stereocenters. The molecule has 1 aliphatic carbocycles. The number of ether oxygens (including phenoxy) is 2. The zero-order valence-corrected chi connectivity index (χ0v) is 14.5. The van der Waals surface area contributed by atoms with Crippen LogP contribution in [0.15, 0.2) is 4.99 Å². The van der Waals surface area contributed by atoms with E-state index in [1.54, 1.807) is 0 Å². The highest BCUT2D eigenvalue weighted by molar-refractivity contribution is 5.79. The molecule has 0 radical (unpaired) electrons. The standard InChI is InChI=1S/C17H33N3O3/c1-2-18-16(20-13-17(14-21)6-7-17)19-8-3-9-23-12-15-4-10-22-11-5-15/h15,21H,2-14H2,1H3,(H2,18,19,20). The van der Waals surface area contributed by atoms with Gasteiger partial charge in [-0.2, -0.15) is 0 Å². The lowest BCUT2D eigenvalue weighted by atomic mass is 10.0. The first-order chi connectivity index (χ1) is 11.3. The molecule has 0 aromatic rings. The van der Waals surface area contributed by atoms with Gasteiger partial charge >= 0.3 is 0 Å². The molecule has 0 aromatic heterocycles. The second-order valence-corrected chi connectivity index (χ2v) is 6.76. The van der Waals surface area contributed by atoms with E-state index in [1.807, 2.05) is 0 Å². The second kappa shape index (κ2) is 10.1. The largest absolute Gasteiger partial charge is 0.396 e. The predicted molar refractivity (Wildman–Crippen MR) is 91.7 cm³/mol. The van der Waals surface area contributed by atoms with Gasteiger partial charge in [-0.15, -0.1) is 0 Å². The molecule has 1 saturated carbocycles. The molecule has 0 amide bonds. The smallest absolute Gasteiger partial charge is 0.191 e. The van der Waals surface area contributed by atoms with Crippen molar-refractivity contribution >= 4 is 5.96 Å². The summed E-state index contributed by atoms with van der Waals surface area (Å²) in [5.41, 5.74) is 0.0647. The van der Waals surface area contributed by atoms with Crippen molar-refractivity contribution in [1.29, 1.82) is 0 Å². The molecule has 2 fully saturated rings. The molecule has 6 heteroatoms. The fraction of sp³-hybridized carbons (Fsp3) is 0.941. The SMILES string of the molecule is CCNC(=NCC1(CO)CC1)NCCCOCC1CCOCC1. The number of hydrogen-bond acceptors (Lipinski definition) is 4. The molecule has 134 valence electrons. The van der Waals surface area contributed by atoms with E-state index in [-0.39, 0.29) is 12.0 Å². The normalized spacial score (nSPS) is 21.2. The maximum Gasteiger partial charge on any atom is 0.191 e. The molecular formula is C17H33N3O3. The van der Waals surface area contributed by atoms with Crippen LogP contribution < -0.4 is 10.6 Å². The van der Waals surface area contributed by atoms with E-state index >= 15 is 0 Å². The summed E-state index contributed by atoms with van der Waals surface area (Å²) >= 11 is 0. The Balaban J connectivity index is 1.54. The Bertz CT molecular complexity index is 353. The van der Waals surface area contributed by atoms with Crippen LogP contribution in [0.25, 0.3) is 0 Å². The monoisotopic (exact) mass is 327 g/mol. The first kappa shape index (κ1) is 18.5. The molecule has 2 rings (SSSR count). The van der Waals surface area contributed by atoms with Gasteiger partial charge in [0.05, 0.1) is 13.2 Å². The van der Waals surface area contributed by atoms with Gasteiger partial charge in [-0.3, -0.25) is 4.99 Å². The van der Waals surface area contributed by atoms with Gasteiger partial charge in [0.1, 0.15) is 0 Å². The molecule has 2 aliphatic rings. The Morgan fingerprint density at radius 3 is 2.74 bits per heavy atom. The van der Waals surface area contributed by atoms with Gasteiger partial charge in [0.25, 0.3) is 0 Å². The van der Waals surface area contributed by atoms with Crippen LogP contribution in [0.5, 0.6) is 0 Å². The first-order valence-electron chi connectivity index (χ1n) is 9.06. The van der Waals surface area contributed by atoms with Crippen molar-refractivity contribution in [2.75, 3.05) is 52.7 Å². The van der Waals surface area contributed by atoms with Crippen LogP contribution in [0.4, 0.5) is 0 Å². The van der Waals surface area contributed by atoms with Crippen LogP contribution in [0.2, 0.25) is 0 Å². The summed E-state index contributed by atoms with van der Waals surface area (Å²) in [7, 11) is 0. The van der Waals surface area contributed by atoms with E-state index in [1.165, 1.54) is 0 Å². The fourth-order valence-corrected chi connectivity index (χ4v) is 2.68. The van der Waals surface area contributed by atoms with Gasteiger partial charge < -0.3 is 25.2 Å². The number of rotatable bonds is 10. The van der Waals surface area contributed by atoms with Crippen molar-refractivity contribution in [3.63, 3.8) is 0 Å². The summed E-state index contributed by atoms with van der Waals surface area (Å²) in [6.45, 7) is 8.12. The lowest BCUT2D eigenvalue weighted by molar-refractivity contribution is 0.0203. The molecule has 0 spiro atoms. The summed E-state index contributed by atoms with van der Waals surface area (Å²) in [4.78, 5) is 4.59. The molecule has 1 saturated heterocycles. The minimum Gasteiger partial charge on any atom is -0.396 e. The fourth-order valence-electron chi connectivity index (χ4n) is 2.68. The Morgan fingerprint density at radius 2 is 2.09 bits per heavy atom. The molecule has 1 aliphatic heterocycles. The average molecular weight is 327 g/mol. The molecule has 3 N–H and O–H groups in total. The van der Waals surface area contributed by atoms with Crippen LogP contribution in [0.3, 0.4) is 0 Å². The number of aliphatic imine (C=N–C) groups is 1. The van der Waals surface area contributed by atoms with Gasteiger partial charge in [-0.1, -0.05) is 0 Å². The summed E-state index contributed by atoms with van der Waals surface area (Å²) in [5.74, 6) is 1.51. The first-order valence-corrected chi connectivity index (χ1v) is 9.06. The molecule has 23 heavy (non-hydrogen) atoms. The number of hydrogen-bond donors (Lipinski definition) is 3. The molecule has 1 heterocycles. The summed E-state index contributed by atoms with van der Waals surface area (Å²) in [6.07, 6.45) is 5.40. The summed E-state index contributed by atoms with van der Waals surface area (Å²) in [5, 5.41) is 15.9. The lowest BCUT2D eigenvalue weighted by Crippen LogP contribution is -2.38. The van der Waals surface area contributed by atoms with E-state index in [4.69, 9.17) is 9.47 Å². The summed E-state index contributed by atoms with van der Waals surface area (Å²) in [6, 6.07) is 0. The zero-order valence-electron chi connectivity index (χ0n) is 14.5. The third-order valence-corrected chi connectivity index (χ3v) is 4.66. The third kappa shape index (κ3) is 7.06. The van der Waals surface area contributed by atoms with Gasteiger partial charge in [-0.25, -0.2) is 0 Å². The lowest BCUT2D eigenvalue weighted by Gasteiger charge is -2.21. The van der Waals surface area contributed by atoms with E-state index in [0.717, 1.165) is 77.6 Å². The molecule has 0 aromatic carbocycles. The van der Waals surface area contributed by atoms with Gasteiger partial charge in [-0.05, 0) is 44.9 Å². The minimum atomic E-state index is 0.0647. The van der Waals surface area contributed by atoms with Gasteiger partial charge in [0, 0.05) is 44.9 Å². The maximum atomic E-state index is 9.35. The highest BCUT2D eigenvalue weighted by Gasteiger charge is 2.41. The average Bonchev–Trinajstić information content (AvgIpc) is 3.37. The zero-order chi connectivity index (χ0) is 16.4. The van der Waals surface area contributed by atoms with Crippen molar-refractivity contribution in [2.45, 2.75) is 39.0 Å². The second-order valence-electron chi connectivity index (χ2n) is 6.76. The van der Waals surface area contributed by atoms with Crippen molar-refractivity contribution in [1.82, 2.24) is 10.6 Å². The maximum absolute atomic E-state index is 9.35. The Hall–Kier alpha value is -0.850. The Morgan fingerprint density at radius 1 is 1.30 bits per heavy atom. The molecular weight excluding hydrogens is 294 g/mol. The Kier molecular flexibility index (Phi) is 8.12. The van der Waals surface area contributed by atoms with Crippen LogP contribution >= 0.6 is 0 Å². The highest BCUT2D eigenvalue weighted by Crippen LogP contribution is 2.45. The van der Waals surface area contributed by atoms with Crippen molar-refractivity contribution in [3.8, 4) is 0 Å². The highest BCUT2D eigenvalue weighted by atomic mass is 16.5. The van der Waals surface area contributed by atoms with Crippen LogP contribution in [0.1, 0.15) is 39.0 Å². The van der Waals surface area contributed by atoms with Crippen LogP contribution in [-0.4, -0.2) is 63.7 Å².